The maximum atomic E-state index is 12.5. The summed E-state index contributed by atoms with van der Waals surface area (Å²) in [4.78, 5) is 14.9. The second-order valence-corrected chi connectivity index (χ2v) is 7.83. The number of likely N-dealkylation sites (tertiary alicyclic amines) is 1. The maximum absolute atomic E-state index is 12.5. The highest BCUT2D eigenvalue weighted by Crippen LogP contribution is 2.15. The van der Waals surface area contributed by atoms with Gasteiger partial charge in [0.05, 0.1) is 0 Å². The number of amides is 2. The molecule has 156 valence electrons. The van der Waals surface area contributed by atoms with Crippen molar-refractivity contribution in [2.45, 2.75) is 25.4 Å². The fraction of sp³-hybridized carbons (Fsp3) is 0.222. The van der Waals surface area contributed by atoms with Crippen LogP contribution in [0.1, 0.15) is 29.5 Å². The third-order valence-electron chi connectivity index (χ3n) is 5.42. The molecule has 1 aliphatic heterocycles. The average Bonchev–Trinajstić information content (AvgIpc) is 2.81. The highest BCUT2D eigenvalue weighted by atomic mass is 16.2. The van der Waals surface area contributed by atoms with Gasteiger partial charge in [-0.25, -0.2) is 4.79 Å². The van der Waals surface area contributed by atoms with Crippen molar-refractivity contribution in [3.63, 3.8) is 0 Å². The van der Waals surface area contributed by atoms with E-state index in [0.717, 1.165) is 49.3 Å². The molecule has 3 aromatic rings. The lowest BCUT2D eigenvalue weighted by atomic mass is 10.0. The third kappa shape index (κ3) is 6.47. The molecule has 1 heterocycles. The van der Waals surface area contributed by atoms with Gasteiger partial charge in [-0.15, -0.1) is 0 Å². The van der Waals surface area contributed by atoms with Gasteiger partial charge in [-0.05, 0) is 48.7 Å². The zero-order valence-corrected chi connectivity index (χ0v) is 17.6. The van der Waals surface area contributed by atoms with Crippen LogP contribution in [0.15, 0.2) is 84.9 Å². The van der Waals surface area contributed by atoms with Gasteiger partial charge in [-0.3, -0.25) is 4.90 Å². The van der Waals surface area contributed by atoms with Crippen LogP contribution in [0.5, 0.6) is 0 Å². The quantitative estimate of drug-likeness (QED) is 0.604. The SMILES string of the molecule is O=C(Nc1cccc(C#Cc2ccccc2)c1)NC1CCN(Cc2ccccc2)CC1. The van der Waals surface area contributed by atoms with Crippen molar-refractivity contribution in [2.75, 3.05) is 18.4 Å². The lowest BCUT2D eigenvalue weighted by Gasteiger charge is -2.32. The van der Waals surface area contributed by atoms with Gasteiger partial charge in [0.25, 0.3) is 0 Å². The van der Waals surface area contributed by atoms with Crippen molar-refractivity contribution in [3.05, 3.63) is 102 Å². The Balaban J connectivity index is 1.25. The van der Waals surface area contributed by atoms with Crippen molar-refractivity contribution in [1.82, 2.24) is 10.2 Å². The second-order valence-electron chi connectivity index (χ2n) is 7.83. The lowest BCUT2D eigenvalue weighted by Crippen LogP contribution is -2.45. The minimum Gasteiger partial charge on any atom is -0.335 e. The Labute approximate surface area is 184 Å². The number of hydrogen-bond acceptors (Lipinski definition) is 2. The van der Waals surface area contributed by atoms with E-state index in [0.29, 0.717) is 0 Å². The van der Waals surface area contributed by atoms with E-state index in [9.17, 15) is 4.79 Å². The zero-order chi connectivity index (χ0) is 21.3. The maximum Gasteiger partial charge on any atom is 0.319 e. The van der Waals surface area contributed by atoms with Crippen LogP contribution < -0.4 is 10.6 Å². The Morgan fingerprint density at radius 2 is 1.48 bits per heavy atom. The molecule has 2 amide bonds. The molecule has 0 atom stereocenters. The Kier molecular flexibility index (Phi) is 7.00. The zero-order valence-electron chi connectivity index (χ0n) is 17.6. The van der Waals surface area contributed by atoms with Gasteiger partial charge in [0, 0.05) is 42.5 Å². The Hall–Kier alpha value is -3.55. The van der Waals surface area contributed by atoms with Crippen molar-refractivity contribution in [3.8, 4) is 11.8 Å². The predicted octanol–water partition coefficient (Wildman–Crippen LogP) is 4.87. The molecule has 0 aliphatic carbocycles. The number of benzene rings is 3. The van der Waals surface area contributed by atoms with Gasteiger partial charge in [0.1, 0.15) is 0 Å². The smallest absolute Gasteiger partial charge is 0.319 e. The minimum atomic E-state index is -0.158. The minimum absolute atomic E-state index is 0.158. The van der Waals surface area contributed by atoms with E-state index in [2.05, 4.69) is 51.6 Å². The van der Waals surface area contributed by atoms with E-state index in [1.807, 2.05) is 60.7 Å². The van der Waals surface area contributed by atoms with Gasteiger partial charge in [-0.1, -0.05) is 66.4 Å². The first-order valence-corrected chi connectivity index (χ1v) is 10.8. The van der Waals surface area contributed by atoms with Gasteiger partial charge in [0.15, 0.2) is 0 Å². The van der Waals surface area contributed by atoms with E-state index >= 15 is 0 Å². The summed E-state index contributed by atoms with van der Waals surface area (Å²) in [7, 11) is 0. The number of anilines is 1. The third-order valence-corrected chi connectivity index (χ3v) is 5.42. The van der Waals surface area contributed by atoms with Crippen molar-refractivity contribution in [1.29, 1.82) is 0 Å². The molecule has 3 aromatic carbocycles. The number of carbonyl (C=O) groups excluding carboxylic acids is 1. The molecule has 31 heavy (non-hydrogen) atoms. The fourth-order valence-electron chi connectivity index (χ4n) is 3.77. The summed E-state index contributed by atoms with van der Waals surface area (Å²) in [6.07, 6.45) is 1.92. The van der Waals surface area contributed by atoms with Crippen molar-refractivity contribution >= 4 is 11.7 Å². The number of carbonyl (C=O) groups is 1. The van der Waals surface area contributed by atoms with Crippen LogP contribution in [0.2, 0.25) is 0 Å². The molecule has 1 aliphatic rings. The molecule has 2 N–H and O–H groups in total. The summed E-state index contributed by atoms with van der Waals surface area (Å²) in [6, 6.07) is 28.1. The molecule has 0 unspecified atom stereocenters. The summed E-state index contributed by atoms with van der Waals surface area (Å²) in [6.45, 7) is 2.95. The molecule has 0 aromatic heterocycles. The summed E-state index contributed by atoms with van der Waals surface area (Å²) in [5.74, 6) is 6.30. The summed E-state index contributed by atoms with van der Waals surface area (Å²) < 4.78 is 0. The van der Waals surface area contributed by atoms with Crippen LogP contribution in [0, 0.1) is 11.8 Å². The number of piperidine rings is 1. The monoisotopic (exact) mass is 409 g/mol. The lowest BCUT2D eigenvalue weighted by molar-refractivity contribution is 0.190. The Bertz CT molecular complexity index is 1050. The topological polar surface area (TPSA) is 44.4 Å². The molecule has 0 bridgehead atoms. The van der Waals surface area contributed by atoms with Crippen LogP contribution in [0.3, 0.4) is 0 Å². The molecular weight excluding hydrogens is 382 g/mol. The fourth-order valence-corrected chi connectivity index (χ4v) is 3.77. The molecule has 0 spiro atoms. The van der Waals surface area contributed by atoms with Crippen molar-refractivity contribution < 1.29 is 4.79 Å². The molecule has 4 heteroatoms. The van der Waals surface area contributed by atoms with Gasteiger partial charge >= 0.3 is 6.03 Å². The number of rotatable bonds is 4. The highest BCUT2D eigenvalue weighted by Gasteiger charge is 2.20. The van der Waals surface area contributed by atoms with E-state index in [1.165, 1.54) is 5.56 Å². The normalized spacial score (nSPS) is 14.3. The average molecular weight is 410 g/mol. The van der Waals surface area contributed by atoms with Crippen LogP contribution in [0.4, 0.5) is 10.5 Å². The summed E-state index contributed by atoms with van der Waals surface area (Å²) >= 11 is 0. The Morgan fingerprint density at radius 1 is 0.839 bits per heavy atom. The van der Waals surface area contributed by atoms with Crippen LogP contribution in [-0.4, -0.2) is 30.1 Å². The van der Waals surface area contributed by atoms with E-state index in [4.69, 9.17) is 0 Å². The summed E-state index contributed by atoms with van der Waals surface area (Å²) in [5, 5.41) is 6.06. The molecule has 4 nitrogen and oxygen atoms in total. The molecule has 0 saturated carbocycles. The first-order valence-electron chi connectivity index (χ1n) is 10.8. The van der Waals surface area contributed by atoms with Crippen LogP contribution in [-0.2, 0) is 6.54 Å². The first kappa shape index (κ1) is 20.7. The first-order chi connectivity index (χ1) is 15.2. The number of nitrogens with one attached hydrogen (secondary N) is 2. The summed E-state index contributed by atoms with van der Waals surface area (Å²) in [5.41, 5.74) is 3.92. The molecule has 1 fully saturated rings. The van der Waals surface area contributed by atoms with E-state index in [1.54, 1.807) is 0 Å². The van der Waals surface area contributed by atoms with Gasteiger partial charge < -0.3 is 10.6 Å². The van der Waals surface area contributed by atoms with Gasteiger partial charge in [-0.2, -0.15) is 0 Å². The molecule has 0 radical (unpaired) electrons. The number of nitrogens with zero attached hydrogens (tertiary/aromatic N) is 1. The van der Waals surface area contributed by atoms with Crippen LogP contribution >= 0.6 is 0 Å². The van der Waals surface area contributed by atoms with Crippen molar-refractivity contribution in [2.24, 2.45) is 0 Å². The number of hydrogen-bond donors (Lipinski definition) is 2. The largest absolute Gasteiger partial charge is 0.335 e. The van der Waals surface area contributed by atoms with E-state index in [-0.39, 0.29) is 12.1 Å². The molecule has 4 rings (SSSR count). The molecular formula is C27H27N3O. The second kappa shape index (κ2) is 10.5. The van der Waals surface area contributed by atoms with Gasteiger partial charge in [0.2, 0.25) is 0 Å². The van der Waals surface area contributed by atoms with E-state index < -0.39 is 0 Å². The van der Waals surface area contributed by atoms with Crippen LogP contribution in [0.25, 0.3) is 0 Å². The number of urea groups is 1. The standard InChI is InChI=1S/C27H27N3O/c31-27(28-25-16-18-30(19-17-25)21-24-10-5-2-6-11-24)29-26-13-7-12-23(20-26)15-14-22-8-3-1-4-9-22/h1-13,20,25H,16-19,21H2,(H2,28,29,31). The Morgan fingerprint density at radius 3 is 2.23 bits per heavy atom. The molecule has 1 saturated heterocycles. The predicted molar refractivity (Wildman–Crippen MR) is 126 cm³/mol. The highest BCUT2D eigenvalue weighted by molar-refractivity contribution is 5.89.